The van der Waals surface area contributed by atoms with Crippen molar-refractivity contribution in [1.29, 1.82) is 0 Å². The van der Waals surface area contributed by atoms with Crippen LogP contribution in [0, 0.1) is 0 Å². The van der Waals surface area contributed by atoms with Gasteiger partial charge in [0.15, 0.2) is 11.5 Å². The van der Waals surface area contributed by atoms with E-state index in [-0.39, 0.29) is 19.2 Å². The Bertz CT molecular complexity index is 914. The van der Waals surface area contributed by atoms with E-state index >= 15 is 0 Å². The number of fused-ring (bicyclic) bond motifs is 1. The number of hydrogen-bond donors (Lipinski definition) is 2. The van der Waals surface area contributed by atoms with Gasteiger partial charge in [-0.3, -0.25) is 4.79 Å². The molecule has 0 bridgehead atoms. The molecule has 2 N–H and O–H groups in total. The molecule has 0 fully saturated rings. The molecule has 1 aliphatic rings. The molecule has 5 nitrogen and oxygen atoms in total. The zero-order valence-electron chi connectivity index (χ0n) is 14.3. The summed E-state index contributed by atoms with van der Waals surface area (Å²) in [6, 6.07) is 11.1. The van der Waals surface area contributed by atoms with E-state index in [9.17, 15) is 9.90 Å². The van der Waals surface area contributed by atoms with Gasteiger partial charge in [-0.1, -0.05) is 12.1 Å². The number of thiophene rings is 2. The molecule has 4 rings (SSSR count). The molecular weight excluding hydrogens is 382 g/mol. The highest BCUT2D eigenvalue weighted by molar-refractivity contribution is 7.10. The molecule has 0 aliphatic carbocycles. The molecule has 0 radical (unpaired) electrons. The van der Waals surface area contributed by atoms with E-state index in [1.807, 2.05) is 52.5 Å². The Morgan fingerprint density at radius 2 is 2.11 bits per heavy atom. The molecule has 3 aromatic rings. The monoisotopic (exact) mass is 399 g/mol. The van der Waals surface area contributed by atoms with Crippen molar-refractivity contribution in [3.8, 4) is 11.5 Å². The highest BCUT2D eigenvalue weighted by Crippen LogP contribution is 2.34. The van der Waals surface area contributed by atoms with Crippen LogP contribution in [-0.4, -0.2) is 24.4 Å². The molecule has 1 aromatic carbocycles. The SMILES string of the molecule is O=C(/C=C/c1ccc2c(c1)OCO2)NC[C@@](O)(c1ccsc1)c1cccs1. The van der Waals surface area contributed by atoms with Crippen molar-refractivity contribution >= 4 is 34.7 Å². The smallest absolute Gasteiger partial charge is 0.244 e. The Kier molecular flexibility index (Phi) is 4.98. The fourth-order valence-electron chi connectivity index (χ4n) is 2.81. The lowest BCUT2D eigenvalue weighted by Gasteiger charge is -2.26. The molecular formula is C20H17NO4S2. The first-order chi connectivity index (χ1) is 13.1. The van der Waals surface area contributed by atoms with Crippen molar-refractivity contribution in [2.75, 3.05) is 13.3 Å². The highest BCUT2D eigenvalue weighted by atomic mass is 32.1. The minimum Gasteiger partial charge on any atom is -0.454 e. The molecule has 27 heavy (non-hydrogen) atoms. The summed E-state index contributed by atoms with van der Waals surface area (Å²) < 4.78 is 10.6. The van der Waals surface area contributed by atoms with Crippen LogP contribution in [0.3, 0.4) is 0 Å². The molecule has 0 unspecified atom stereocenters. The molecule has 138 valence electrons. The average Bonchev–Trinajstić information content (AvgIpc) is 3.45. The number of hydrogen-bond acceptors (Lipinski definition) is 6. The van der Waals surface area contributed by atoms with Crippen molar-refractivity contribution in [2.24, 2.45) is 0 Å². The highest BCUT2D eigenvalue weighted by Gasteiger charge is 2.33. The quantitative estimate of drug-likeness (QED) is 0.622. The number of nitrogens with one attached hydrogen (secondary N) is 1. The molecule has 1 atom stereocenters. The fraction of sp³-hybridized carbons (Fsp3) is 0.150. The molecule has 7 heteroatoms. The van der Waals surface area contributed by atoms with Gasteiger partial charge in [0.05, 0.1) is 6.54 Å². The molecule has 3 heterocycles. The molecule has 0 spiro atoms. The zero-order valence-corrected chi connectivity index (χ0v) is 15.9. The standard InChI is InChI=1S/C20H17NO4S2/c22-19(6-4-14-3-5-16-17(10-14)25-13-24-16)21-12-20(23,15-7-9-26-11-15)18-2-1-8-27-18/h1-11,23H,12-13H2,(H,21,22)/b6-4+/t20-/m1/s1. The van der Waals surface area contributed by atoms with E-state index in [4.69, 9.17) is 9.47 Å². The summed E-state index contributed by atoms with van der Waals surface area (Å²) in [7, 11) is 0. The Labute approximate surface area is 164 Å². The molecule has 0 saturated carbocycles. The number of carbonyl (C=O) groups excluding carboxylic acids is 1. The maximum atomic E-state index is 12.3. The van der Waals surface area contributed by atoms with Gasteiger partial charge in [0.1, 0.15) is 5.60 Å². The summed E-state index contributed by atoms with van der Waals surface area (Å²) in [5, 5.41) is 19.7. The van der Waals surface area contributed by atoms with Crippen LogP contribution >= 0.6 is 22.7 Å². The number of carbonyl (C=O) groups is 1. The summed E-state index contributed by atoms with van der Waals surface area (Å²) in [4.78, 5) is 13.1. The molecule has 1 aliphatic heterocycles. The van der Waals surface area contributed by atoms with E-state index in [2.05, 4.69) is 5.32 Å². The van der Waals surface area contributed by atoms with Crippen LogP contribution in [0.25, 0.3) is 6.08 Å². The molecule has 2 aromatic heterocycles. The second kappa shape index (κ2) is 7.56. The summed E-state index contributed by atoms with van der Waals surface area (Å²) >= 11 is 2.97. The number of aliphatic hydroxyl groups is 1. The number of rotatable bonds is 6. The first kappa shape index (κ1) is 17.8. The predicted molar refractivity (Wildman–Crippen MR) is 106 cm³/mol. The maximum absolute atomic E-state index is 12.3. The van der Waals surface area contributed by atoms with Crippen molar-refractivity contribution in [3.63, 3.8) is 0 Å². The van der Waals surface area contributed by atoms with E-state index < -0.39 is 5.60 Å². The Morgan fingerprint density at radius 1 is 1.22 bits per heavy atom. The van der Waals surface area contributed by atoms with Crippen LogP contribution in [0.2, 0.25) is 0 Å². The minimum atomic E-state index is -1.24. The van der Waals surface area contributed by atoms with E-state index in [1.54, 1.807) is 6.08 Å². The van der Waals surface area contributed by atoms with Gasteiger partial charge in [-0.05, 0) is 52.0 Å². The number of amides is 1. The Balaban J connectivity index is 1.44. The summed E-state index contributed by atoms with van der Waals surface area (Å²) in [5.41, 5.74) is 0.368. The summed E-state index contributed by atoms with van der Waals surface area (Å²) in [5.74, 6) is 1.09. The van der Waals surface area contributed by atoms with Crippen molar-refractivity contribution in [1.82, 2.24) is 5.32 Å². The van der Waals surface area contributed by atoms with Gasteiger partial charge in [-0.25, -0.2) is 0 Å². The van der Waals surface area contributed by atoms with Crippen LogP contribution in [0.4, 0.5) is 0 Å². The summed E-state index contributed by atoms with van der Waals surface area (Å²) in [6.45, 7) is 0.307. The van der Waals surface area contributed by atoms with E-state index in [0.717, 1.165) is 16.0 Å². The van der Waals surface area contributed by atoms with Gasteiger partial charge in [0, 0.05) is 16.5 Å². The third-order valence-corrected chi connectivity index (χ3v) is 5.97. The van der Waals surface area contributed by atoms with Gasteiger partial charge in [-0.2, -0.15) is 11.3 Å². The largest absolute Gasteiger partial charge is 0.454 e. The first-order valence-corrected chi connectivity index (χ1v) is 10.1. The lowest BCUT2D eigenvalue weighted by atomic mass is 9.94. The van der Waals surface area contributed by atoms with Gasteiger partial charge < -0.3 is 19.9 Å². The lowest BCUT2D eigenvalue weighted by Crippen LogP contribution is -2.40. The van der Waals surface area contributed by atoms with Crippen molar-refractivity contribution in [3.05, 3.63) is 74.6 Å². The molecule has 1 amide bonds. The van der Waals surface area contributed by atoms with Gasteiger partial charge in [0.2, 0.25) is 12.7 Å². The van der Waals surface area contributed by atoms with Gasteiger partial charge in [-0.15, -0.1) is 11.3 Å². The van der Waals surface area contributed by atoms with E-state index in [0.29, 0.717) is 11.5 Å². The lowest BCUT2D eigenvalue weighted by molar-refractivity contribution is -0.117. The van der Waals surface area contributed by atoms with Crippen molar-refractivity contribution < 1.29 is 19.4 Å². The average molecular weight is 399 g/mol. The van der Waals surface area contributed by atoms with E-state index in [1.165, 1.54) is 28.7 Å². The van der Waals surface area contributed by atoms with Crippen LogP contribution in [-0.2, 0) is 10.4 Å². The second-order valence-electron chi connectivity index (χ2n) is 6.01. The predicted octanol–water partition coefficient (Wildman–Crippen LogP) is 3.60. The van der Waals surface area contributed by atoms with Crippen LogP contribution < -0.4 is 14.8 Å². The summed E-state index contributed by atoms with van der Waals surface area (Å²) in [6.07, 6.45) is 3.14. The minimum absolute atomic E-state index is 0.0918. The number of ether oxygens (including phenoxy) is 2. The third-order valence-electron chi connectivity index (χ3n) is 4.27. The van der Waals surface area contributed by atoms with Crippen LogP contribution in [0.1, 0.15) is 16.0 Å². The Morgan fingerprint density at radius 3 is 2.89 bits per heavy atom. The first-order valence-electron chi connectivity index (χ1n) is 8.30. The zero-order chi connectivity index (χ0) is 18.7. The maximum Gasteiger partial charge on any atom is 0.244 e. The van der Waals surface area contributed by atoms with Gasteiger partial charge >= 0.3 is 0 Å². The number of benzene rings is 1. The Hall–Kier alpha value is -2.61. The normalized spacial score (nSPS) is 15.0. The second-order valence-corrected chi connectivity index (χ2v) is 7.74. The van der Waals surface area contributed by atoms with Crippen molar-refractivity contribution in [2.45, 2.75) is 5.60 Å². The van der Waals surface area contributed by atoms with Crippen LogP contribution in [0.5, 0.6) is 11.5 Å². The topological polar surface area (TPSA) is 67.8 Å². The van der Waals surface area contributed by atoms with Gasteiger partial charge in [0.25, 0.3) is 0 Å². The van der Waals surface area contributed by atoms with Crippen LogP contribution in [0.15, 0.2) is 58.6 Å². The fourth-order valence-corrected chi connectivity index (χ4v) is 4.38. The molecule has 0 saturated heterocycles. The third kappa shape index (κ3) is 3.75.